The molecule has 1 heterocycles. The zero-order valence-electron chi connectivity index (χ0n) is 12.1. The molecule has 1 aromatic carbocycles. The van der Waals surface area contributed by atoms with Gasteiger partial charge < -0.3 is 9.84 Å². The average molecular weight is 320 g/mol. The van der Waals surface area contributed by atoms with Crippen molar-refractivity contribution in [1.29, 1.82) is 0 Å². The summed E-state index contributed by atoms with van der Waals surface area (Å²) < 4.78 is 4.87. The molecule has 0 radical (unpaired) electrons. The van der Waals surface area contributed by atoms with Crippen LogP contribution in [-0.4, -0.2) is 38.5 Å². The van der Waals surface area contributed by atoms with Crippen molar-refractivity contribution in [2.24, 2.45) is 5.10 Å². The Morgan fingerprint density at radius 1 is 1.52 bits per heavy atom. The van der Waals surface area contributed by atoms with E-state index in [2.05, 4.69) is 25.7 Å². The summed E-state index contributed by atoms with van der Waals surface area (Å²) in [6.45, 7) is 1.59. The van der Waals surface area contributed by atoms with Gasteiger partial charge in [-0.3, -0.25) is 15.5 Å². The normalized spacial score (nSPS) is 10.7. The number of hydrazone groups is 1. The van der Waals surface area contributed by atoms with E-state index in [1.165, 1.54) is 7.11 Å². The van der Waals surface area contributed by atoms with Gasteiger partial charge in [-0.15, -0.1) is 0 Å². The number of aromatic amines is 1. The topological polar surface area (TPSA) is 156 Å². The highest BCUT2D eigenvalue weighted by atomic mass is 16.6. The lowest BCUT2D eigenvalue weighted by Crippen LogP contribution is -2.15. The summed E-state index contributed by atoms with van der Waals surface area (Å²) in [4.78, 5) is 24.9. The SMILES string of the molecule is COc1cc([N+](=O)[O-])cc(/C=N/Nc2nc(=O)[nH]nc2C)c1O. The Balaban J connectivity index is 2.31. The number of nitro benzene ring substituents is 1. The maximum atomic E-state index is 11.1. The summed E-state index contributed by atoms with van der Waals surface area (Å²) in [6.07, 6.45) is 1.13. The number of aromatic hydroxyl groups is 1. The van der Waals surface area contributed by atoms with Crippen LogP contribution in [0.15, 0.2) is 22.0 Å². The summed E-state index contributed by atoms with van der Waals surface area (Å²) in [5.74, 6) is -0.257. The third-order valence-corrected chi connectivity index (χ3v) is 2.77. The zero-order chi connectivity index (χ0) is 17.0. The van der Waals surface area contributed by atoms with Crippen molar-refractivity contribution in [3.05, 3.63) is 44.0 Å². The third kappa shape index (κ3) is 3.58. The standard InChI is InChI=1S/C12H12N6O5/c1-6-11(14-12(20)17-15-6)16-13-5-7-3-8(18(21)22)4-9(23-2)10(7)19/h3-5,19H,1-2H3,(H2,14,16,17,20)/b13-5+. The first kappa shape index (κ1) is 15.9. The highest BCUT2D eigenvalue weighted by molar-refractivity contribution is 5.86. The second-order valence-electron chi connectivity index (χ2n) is 4.29. The molecule has 23 heavy (non-hydrogen) atoms. The maximum absolute atomic E-state index is 11.1. The van der Waals surface area contributed by atoms with E-state index in [0.717, 1.165) is 18.3 Å². The molecule has 120 valence electrons. The van der Waals surface area contributed by atoms with Crippen molar-refractivity contribution in [2.45, 2.75) is 6.92 Å². The number of ether oxygens (including phenoxy) is 1. The lowest BCUT2D eigenvalue weighted by Gasteiger charge is -2.06. The minimum atomic E-state index is -0.659. The first-order valence-electron chi connectivity index (χ1n) is 6.20. The number of nitro groups is 1. The maximum Gasteiger partial charge on any atom is 0.363 e. The number of phenols is 1. The van der Waals surface area contributed by atoms with E-state index in [1.807, 2.05) is 0 Å². The number of non-ortho nitro benzene ring substituents is 1. The van der Waals surface area contributed by atoms with Crippen molar-refractivity contribution in [3.63, 3.8) is 0 Å². The lowest BCUT2D eigenvalue weighted by atomic mass is 10.2. The Hall–Kier alpha value is -3.50. The molecule has 0 bridgehead atoms. The van der Waals surface area contributed by atoms with Gasteiger partial charge in [-0.1, -0.05) is 0 Å². The first-order chi connectivity index (χ1) is 10.9. The van der Waals surface area contributed by atoms with Crippen molar-refractivity contribution >= 4 is 17.7 Å². The number of phenolic OH excluding ortho intramolecular Hbond substituents is 1. The first-order valence-corrected chi connectivity index (χ1v) is 6.20. The highest BCUT2D eigenvalue weighted by Crippen LogP contribution is 2.33. The van der Waals surface area contributed by atoms with Crippen LogP contribution in [0, 0.1) is 17.0 Å². The number of H-pyrrole nitrogens is 1. The van der Waals surface area contributed by atoms with Gasteiger partial charge in [0.25, 0.3) is 5.69 Å². The van der Waals surface area contributed by atoms with E-state index in [4.69, 9.17) is 4.74 Å². The van der Waals surface area contributed by atoms with Gasteiger partial charge in [0.2, 0.25) is 0 Å². The van der Waals surface area contributed by atoms with Crippen molar-refractivity contribution in [3.8, 4) is 11.5 Å². The lowest BCUT2D eigenvalue weighted by molar-refractivity contribution is -0.385. The largest absolute Gasteiger partial charge is 0.504 e. The Morgan fingerprint density at radius 3 is 2.91 bits per heavy atom. The molecule has 0 saturated carbocycles. The third-order valence-electron chi connectivity index (χ3n) is 2.77. The number of aryl methyl sites for hydroxylation is 1. The Kier molecular flexibility index (Phi) is 4.50. The summed E-state index contributed by atoms with van der Waals surface area (Å²) in [7, 11) is 1.27. The van der Waals surface area contributed by atoms with Crippen molar-refractivity contribution < 1.29 is 14.8 Å². The van der Waals surface area contributed by atoms with Crippen LogP contribution in [0.5, 0.6) is 11.5 Å². The molecular weight excluding hydrogens is 308 g/mol. The van der Waals surface area contributed by atoms with Gasteiger partial charge in [-0.2, -0.15) is 15.2 Å². The summed E-state index contributed by atoms with van der Waals surface area (Å²) in [6, 6.07) is 2.21. The van der Waals surface area contributed by atoms with E-state index < -0.39 is 10.6 Å². The smallest absolute Gasteiger partial charge is 0.363 e. The molecule has 2 aromatic rings. The van der Waals surface area contributed by atoms with Crippen LogP contribution in [0.3, 0.4) is 0 Å². The van der Waals surface area contributed by atoms with Gasteiger partial charge >= 0.3 is 5.69 Å². The van der Waals surface area contributed by atoms with Crippen LogP contribution in [0.4, 0.5) is 11.5 Å². The van der Waals surface area contributed by atoms with Crippen LogP contribution in [-0.2, 0) is 0 Å². The molecule has 0 saturated heterocycles. The van der Waals surface area contributed by atoms with Crippen LogP contribution < -0.4 is 15.9 Å². The number of benzene rings is 1. The summed E-state index contributed by atoms with van der Waals surface area (Å²) >= 11 is 0. The molecule has 0 amide bonds. The second kappa shape index (κ2) is 6.51. The fourth-order valence-corrected chi connectivity index (χ4v) is 1.63. The number of methoxy groups -OCH3 is 1. The molecule has 0 fully saturated rings. The zero-order valence-corrected chi connectivity index (χ0v) is 12.1. The molecular formula is C12H12N6O5. The minimum Gasteiger partial charge on any atom is -0.504 e. The monoisotopic (exact) mass is 320 g/mol. The Labute approximate surface area is 128 Å². The van der Waals surface area contributed by atoms with E-state index in [9.17, 15) is 20.0 Å². The van der Waals surface area contributed by atoms with E-state index in [-0.39, 0.29) is 28.6 Å². The second-order valence-corrected chi connectivity index (χ2v) is 4.29. The number of anilines is 1. The number of nitrogens with zero attached hydrogens (tertiary/aromatic N) is 4. The Morgan fingerprint density at radius 2 is 2.26 bits per heavy atom. The van der Waals surface area contributed by atoms with Gasteiger partial charge in [0, 0.05) is 11.6 Å². The molecule has 0 aliphatic rings. The average Bonchev–Trinajstić information content (AvgIpc) is 2.52. The predicted octanol–water partition coefficient (Wildman–Crippen LogP) is 0.542. The molecule has 0 aliphatic carbocycles. The van der Waals surface area contributed by atoms with Crippen molar-refractivity contribution in [1.82, 2.24) is 15.2 Å². The molecule has 3 N–H and O–H groups in total. The molecule has 0 atom stereocenters. The van der Waals surface area contributed by atoms with Crippen LogP contribution in [0.25, 0.3) is 0 Å². The molecule has 11 nitrogen and oxygen atoms in total. The van der Waals surface area contributed by atoms with Gasteiger partial charge in [0.1, 0.15) is 5.69 Å². The summed E-state index contributed by atoms with van der Waals surface area (Å²) in [5, 5.41) is 30.4. The number of rotatable bonds is 5. The van der Waals surface area contributed by atoms with Gasteiger partial charge in [-0.05, 0) is 6.92 Å². The van der Waals surface area contributed by atoms with Crippen LogP contribution in [0.2, 0.25) is 0 Å². The number of aromatic nitrogens is 3. The number of hydrogen-bond acceptors (Lipinski definition) is 9. The molecule has 0 unspecified atom stereocenters. The number of hydrogen-bond donors (Lipinski definition) is 3. The fourth-order valence-electron chi connectivity index (χ4n) is 1.63. The van der Waals surface area contributed by atoms with Crippen molar-refractivity contribution in [2.75, 3.05) is 12.5 Å². The van der Waals surface area contributed by atoms with Gasteiger partial charge in [0.05, 0.1) is 24.3 Å². The summed E-state index contributed by atoms with van der Waals surface area (Å²) in [5.41, 5.74) is 1.99. The molecule has 0 spiro atoms. The molecule has 1 aromatic heterocycles. The van der Waals surface area contributed by atoms with Gasteiger partial charge in [-0.25, -0.2) is 9.89 Å². The van der Waals surface area contributed by atoms with Crippen LogP contribution in [0.1, 0.15) is 11.3 Å². The van der Waals surface area contributed by atoms with E-state index >= 15 is 0 Å². The van der Waals surface area contributed by atoms with E-state index in [0.29, 0.717) is 5.69 Å². The van der Waals surface area contributed by atoms with E-state index in [1.54, 1.807) is 6.92 Å². The fraction of sp³-hybridized carbons (Fsp3) is 0.167. The molecule has 2 rings (SSSR count). The molecule has 11 heteroatoms. The highest BCUT2D eigenvalue weighted by Gasteiger charge is 2.15. The van der Waals surface area contributed by atoms with Crippen LogP contribution >= 0.6 is 0 Å². The number of nitrogens with one attached hydrogen (secondary N) is 2. The van der Waals surface area contributed by atoms with Gasteiger partial charge in [0.15, 0.2) is 17.3 Å². The molecule has 0 aliphatic heterocycles. The minimum absolute atomic E-state index is 0.0546. The Bertz CT molecular complexity index is 831. The quantitative estimate of drug-likeness (QED) is 0.409. The predicted molar refractivity (Wildman–Crippen MR) is 79.9 cm³/mol.